The first-order valence-electron chi connectivity index (χ1n) is 6.39. The largest absolute Gasteiger partial charge is 0.480 e. The van der Waals surface area contributed by atoms with Crippen LogP contribution in [0.25, 0.3) is 0 Å². The van der Waals surface area contributed by atoms with Crippen LogP contribution in [0, 0.1) is 5.92 Å². The van der Waals surface area contributed by atoms with Gasteiger partial charge in [0.05, 0.1) is 6.61 Å². The molecular formula is C12H21NO5. The standard InChI is InChI=1S/C12H21NO5/c1-2-3-6-18-12(16)13-10(11(14)15)9-4-7-17-8-5-9/h9-10H,2-8H2,1H3,(H,13,16)(H,14,15). The Hall–Kier alpha value is -1.30. The predicted molar refractivity (Wildman–Crippen MR) is 64.4 cm³/mol. The molecule has 2 N–H and O–H groups in total. The van der Waals surface area contributed by atoms with E-state index in [4.69, 9.17) is 14.6 Å². The van der Waals surface area contributed by atoms with Crippen molar-refractivity contribution in [3.63, 3.8) is 0 Å². The average Bonchev–Trinajstić information content (AvgIpc) is 2.37. The van der Waals surface area contributed by atoms with Gasteiger partial charge in [-0.3, -0.25) is 0 Å². The lowest BCUT2D eigenvalue weighted by Gasteiger charge is -2.27. The van der Waals surface area contributed by atoms with Crippen molar-refractivity contribution in [2.75, 3.05) is 19.8 Å². The number of alkyl carbamates (subject to hydrolysis) is 1. The first-order valence-corrected chi connectivity index (χ1v) is 6.39. The van der Waals surface area contributed by atoms with Crippen LogP contribution in [0.2, 0.25) is 0 Å². The van der Waals surface area contributed by atoms with Crippen LogP contribution in [0.4, 0.5) is 4.79 Å². The van der Waals surface area contributed by atoms with E-state index in [-0.39, 0.29) is 5.92 Å². The van der Waals surface area contributed by atoms with Crippen LogP contribution in [0.15, 0.2) is 0 Å². The highest BCUT2D eigenvalue weighted by Gasteiger charge is 2.31. The predicted octanol–water partition coefficient (Wildman–Crippen LogP) is 1.39. The van der Waals surface area contributed by atoms with Crippen molar-refractivity contribution in [1.29, 1.82) is 0 Å². The summed E-state index contributed by atoms with van der Waals surface area (Å²) in [5, 5.41) is 11.6. The van der Waals surface area contributed by atoms with Gasteiger partial charge in [-0.25, -0.2) is 9.59 Å². The Labute approximate surface area is 107 Å². The Kier molecular flexibility index (Phi) is 6.49. The SMILES string of the molecule is CCCCOC(=O)NC(C(=O)O)C1CCOCC1. The molecule has 1 amide bonds. The van der Waals surface area contributed by atoms with E-state index in [2.05, 4.69) is 5.32 Å². The van der Waals surface area contributed by atoms with Crippen molar-refractivity contribution in [3.8, 4) is 0 Å². The normalized spacial score (nSPS) is 18.1. The highest BCUT2D eigenvalue weighted by atomic mass is 16.5. The molecule has 6 heteroatoms. The second-order valence-corrected chi connectivity index (χ2v) is 4.40. The number of carboxylic acid groups (broad SMARTS) is 1. The minimum Gasteiger partial charge on any atom is -0.480 e. The molecule has 1 aliphatic rings. The van der Waals surface area contributed by atoms with Gasteiger partial charge in [-0.15, -0.1) is 0 Å². The molecule has 1 unspecified atom stereocenters. The third kappa shape index (κ3) is 4.91. The molecule has 18 heavy (non-hydrogen) atoms. The summed E-state index contributed by atoms with van der Waals surface area (Å²) in [7, 11) is 0. The van der Waals surface area contributed by atoms with Crippen LogP contribution in [0.1, 0.15) is 32.6 Å². The molecule has 0 spiro atoms. The second kappa shape index (κ2) is 7.92. The molecule has 0 aromatic carbocycles. The third-order valence-electron chi connectivity index (χ3n) is 3.01. The number of carboxylic acids is 1. The summed E-state index contributed by atoms with van der Waals surface area (Å²) in [6.45, 7) is 3.40. The van der Waals surface area contributed by atoms with Crippen molar-refractivity contribution in [2.24, 2.45) is 5.92 Å². The van der Waals surface area contributed by atoms with Crippen LogP contribution >= 0.6 is 0 Å². The summed E-state index contributed by atoms with van der Waals surface area (Å²) >= 11 is 0. The molecule has 0 bridgehead atoms. The zero-order chi connectivity index (χ0) is 13.4. The monoisotopic (exact) mass is 259 g/mol. The summed E-state index contributed by atoms with van der Waals surface area (Å²) in [5.41, 5.74) is 0. The van der Waals surface area contributed by atoms with Gasteiger partial charge in [-0.05, 0) is 25.2 Å². The smallest absolute Gasteiger partial charge is 0.407 e. The second-order valence-electron chi connectivity index (χ2n) is 4.40. The minimum atomic E-state index is -1.02. The Morgan fingerprint density at radius 2 is 2.11 bits per heavy atom. The summed E-state index contributed by atoms with van der Waals surface area (Å²) in [6.07, 6.45) is 2.35. The summed E-state index contributed by atoms with van der Waals surface area (Å²) in [6, 6.07) is -0.886. The summed E-state index contributed by atoms with van der Waals surface area (Å²) in [4.78, 5) is 22.6. The van der Waals surface area contributed by atoms with Gasteiger partial charge in [-0.2, -0.15) is 0 Å². The lowest BCUT2D eigenvalue weighted by atomic mass is 9.92. The van der Waals surface area contributed by atoms with Crippen LogP contribution < -0.4 is 5.32 Å². The highest BCUT2D eigenvalue weighted by molar-refractivity contribution is 5.80. The Morgan fingerprint density at radius 3 is 2.67 bits per heavy atom. The molecule has 104 valence electrons. The molecule has 1 fully saturated rings. The maximum absolute atomic E-state index is 11.4. The molecule has 1 heterocycles. The van der Waals surface area contributed by atoms with E-state index >= 15 is 0 Å². The molecule has 1 rings (SSSR count). The van der Waals surface area contributed by atoms with E-state index in [1.54, 1.807) is 0 Å². The molecule has 0 radical (unpaired) electrons. The fourth-order valence-corrected chi connectivity index (χ4v) is 1.91. The number of carbonyl (C=O) groups is 2. The third-order valence-corrected chi connectivity index (χ3v) is 3.01. The van der Waals surface area contributed by atoms with Crippen molar-refractivity contribution >= 4 is 12.1 Å². The summed E-state index contributed by atoms with van der Waals surface area (Å²) < 4.78 is 10.1. The Balaban J connectivity index is 2.41. The number of unbranched alkanes of at least 4 members (excludes halogenated alkanes) is 1. The van der Waals surface area contributed by atoms with Crippen molar-refractivity contribution in [3.05, 3.63) is 0 Å². The quantitative estimate of drug-likeness (QED) is 0.704. The average molecular weight is 259 g/mol. The zero-order valence-electron chi connectivity index (χ0n) is 10.7. The molecule has 0 aliphatic carbocycles. The van der Waals surface area contributed by atoms with Crippen molar-refractivity contribution in [1.82, 2.24) is 5.32 Å². The van der Waals surface area contributed by atoms with E-state index in [0.717, 1.165) is 12.8 Å². The van der Waals surface area contributed by atoms with E-state index < -0.39 is 18.1 Å². The zero-order valence-corrected chi connectivity index (χ0v) is 10.7. The van der Waals surface area contributed by atoms with Crippen molar-refractivity contribution in [2.45, 2.75) is 38.6 Å². The number of amides is 1. The van der Waals surface area contributed by atoms with Gasteiger partial charge < -0.3 is 19.9 Å². The maximum atomic E-state index is 11.4. The molecule has 1 aliphatic heterocycles. The molecule has 0 saturated carbocycles. The van der Waals surface area contributed by atoms with Crippen LogP contribution in [-0.2, 0) is 14.3 Å². The highest BCUT2D eigenvalue weighted by Crippen LogP contribution is 2.19. The van der Waals surface area contributed by atoms with Gasteiger partial charge in [-0.1, -0.05) is 13.3 Å². The van der Waals surface area contributed by atoms with E-state index in [0.29, 0.717) is 32.7 Å². The number of aliphatic carboxylic acids is 1. The molecule has 0 aromatic rings. The lowest BCUT2D eigenvalue weighted by Crippen LogP contribution is -2.47. The fourth-order valence-electron chi connectivity index (χ4n) is 1.91. The maximum Gasteiger partial charge on any atom is 0.407 e. The van der Waals surface area contributed by atoms with Gasteiger partial charge in [0, 0.05) is 13.2 Å². The first-order chi connectivity index (χ1) is 8.65. The molecule has 0 aromatic heterocycles. The van der Waals surface area contributed by atoms with Gasteiger partial charge in [0.2, 0.25) is 0 Å². The van der Waals surface area contributed by atoms with Gasteiger partial charge in [0.15, 0.2) is 0 Å². The van der Waals surface area contributed by atoms with Crippen LogP contribution in [-0.4, -0.2) is 43.0 Å². The molecular weight excluding hydrogens is 238 g/mol. The van der Waals surface area contributed by atoms with Crippen LogP contribution in [0.3, 0.4) is 0 Å². The number of hydrogen-bond donors (Lipinski definition) is 2. The summed E-state index contributed by atoms with van der Waals surface area (Å²) in [5.74, 6) is -1.11. The molecule has 6 nitrogen and oxygen atoms in total. The molecule has 1 saturated heterocycles. The van der Waals surface area contributed by atoms with Crippen molar-refractivity contribution < 1.29 is 24.2 Å². The van der Waals surface area contributed by atoms with Crippen LogP contribution in [0.5, 0.6) is 0 Å². The number of nitrogens with one attached hydrogen (secondary N) is 1. The Bertz CT molecular complexity index is 276. The number of ether oxygens (including phenoxy) is 2. The minimum absolute atomic E-state index is 0.0880. The number of carbonyl (C=O) groups excluding carboxylic acids is 1. The fraction of sp³-hybridized carbons (Fsp3) is 0.833. The van der Waals surface area contributed by atoms with Gasteiger partial charge >= 0.3 is 12.1 Å². The van der Waals surface area contributed by atoms with Gasteiger partial charge in [0.1, 0.15) is 6.04 Å². The lowest BCUT2D eigenvalue weighted by molar-refractivity contribution is -0.141. The van der Waals surface area contributed by atoms with E-state index in [1.807, 2.05) is 6.92 Å². The van der Waals surface area contributed by atoms with E-state index in [9.17, 15) is 9.59 Å². The number of hydrogen-bond acceptors (Lipinski definition) is 4. The number of rotatable bonds is 6. The van der Waals surface area contributed by atoms with Gasteiger partial charge in [0.25, 0.3) is 0 Å². The Morgan fingerprint density at radius 1 is 1.44 bits per heavy atom. The molecule has 1 atom stereocenters. The first kappa shape index (κ1) is 14.8. The topological polar surface area (TPSA) is 84.9 Å². The van der Waals surface area contributed by atoms with E-state index in [1.165, 1.54) is 0 Å².